The fraction of sp³-hybridized carbons (Fsp3) is 0.250. The van der Waals surface area contributed by atoms with Crippen LogP contribution in [0.5, 0.6) is 0 Å². The number of hydrogen-bond donors (Lipinski definition) is 0. The second kappa shape index (κ2) is 8.80. The molecule has 1 aromatic rings. The summed E-state index contributed by atoms with van der Waals surface area (Å²) < 4.78 is 9.62. The number of anilines is 1. The van der Waals surface area contributed by atoms with E-state index in [1.807, 2.05) is 6.92 Å². The second-order valence-corrected chi connectivity index (χ2v) is 5.54. The minimum atomic E-state index is -0.673. The molecule has 1 aromatic carbocycles. The molecular weight excluding hydrogens is 334 g/mol. The van der Waals surface area contributed by atoms with Crippen molar-refractivity contribution in [2.45, 2.75) is 19.8 Å². The van der Waals surface area contributed by atoms with Crippen LogP contribution < -0.4 is 4.90 Å². The fourth-order valence-corrected chi connectivity index (χ4v) is 2.54. The summed E-state index contributed by atoms with van der Waals surface area (Å²) in [5.74, 6) is -1.26. The van der Waals surface area contributed by atoms with Gasteiger partial charge >= 0.3 is 11.9 Å². The molecular formula is C20H21NO5. The van der Waals surface area contributed by atoms with Crippen LogP contribution in [0.1, 0.15) is 30.1 Å². The van der Waals surface area contributed by atoms with E-state index in [4.69, 9.17) is 9.47 Å². The molecule has 0 amide bonds. The molecule has 6 heteroatoms. The lowest BCUT2D eigenvalue weighted by molar-refractivity contribution is -0.139. The largest absolute Gasteiger partial charge is 0.465 e. The normalized spacial score (nSPS) is 13.4. The topological polar surface area (TPSA) is 72.9 Å². The van der Waals surface area contributed by atoms with E-state index in [-0.39, 0.29) is 17.1 Å². The van der Waals surface area contributed by atoms with Crippen molar-refractivity contribution in [3.05, 3.63) is 65.5 Å². The monoisotopic (exact) mass is 355 g/mol. The van der Waals surface area contributed by atoms with Gasteiger partial charge in [-0.1, -0.05) is 13.0 Å². The van der Waals surface area contributed by atoms with Crippen molar-refractivity contribution in [3.63, 3.8) is 0 Å². The number of esters is 2. The third-order valence-corrected chi connectivity index (χ3v) is 3.83. The lowest BCUT2D eigenvalue weighted by Gasteiger charge is -2.23. The molecule has 1 heterocycles. The summed E-state index contributed by atoms with van der Waals surface area (Å²) in [5, 5.41) is 0. The highest BCUT2D eigenvalue weighted by Crippen LogP contribution is 2.26. The van der Waals surface area contributed by atoms with Crippen LogP contribution in [0.3, 0.4) is 0 Å². The first-order chi connectivity index (χ1) is 12.5. The lowest BCUT2D eigenvalue weighted by Crippen LogP contribution is -2.27. The van der Waals surface area contributed by atoms with Gasteiger partial charge in [0.15, 0.2) is 5.78 Å². The molecule has 0 radical (unpaired) electrons. The van der Waals surface area contributed by atoms with Crippen molar-refractivity contribution >= 4 is 23.4 Å². The number of benzene rings is 1. The molecule has 26 heavy (non-hydrogen) atoms. The van der Waals surface area contributed by atoms with Crippen LogP contribution in [0.15, 0.2) is 60.0 Å². The Morgan fingerprint density at radius 2 is 1.62 bits per heavy atom. The van der Waals surface area contributed by atoms with Gasteiger partial charge in [-0.3, -0.25) is 4.79 Å². The van der Waals surface area contributed by atoms with Gasteiger partial charge in [0.05, 0.1) is 19.8 Å². The van der Waals surface area contributed by atoms with Gasteiger partial charge in [0.2, 0.25) is 0 Å². The maximum absolute atomic E-state index is 12.3. The van der Waals surface area contributed by atoms with Crippen LogP contribution in [0.4, 0.5) is 5.69 Å². The van der Waals surface area contributed by atoms with Crippen LogP contribution in [0.25, 0.3) is 0 Å². The van der Waals surface area contributed by atoms with Gasteiger partial charge in [-0.15, -0.1) is 0 Å². The molecule has 6 nitrogen and oxygen atoms in total. The molecule has 0 unspecified atom stereocenters. The minimum absolute atomic E-state index is 0.0389. The molecule has 0 fully saturated rings. The van der Waals surface area contributed by atoms with E-state index < -0.39 is 11.9 Å². The van der Waals surface area contributed by atoms with E-state index in [2.05, 4.69) is 0 Å². The standard InChI is InChI=1S/C20H21NO5/c1-4-7-17(22)14-9-11-15(12-10-14)21-13-6-5-8-16(19(23)25-2)18(21)20(24)26-3/h5-6,8-13H,4,7H2,1-3H3. The lowest BCUT2D eigenvalue weighted by atomic mass is 10.1. The van der Waals surface area contributed by atoms with E-state index in [1.165, 1.54) is 25.2 Å². The molecule has 0 aromatic heterocycles. The first kappa shape index (κ1) is 19.2. The zero-order valence-electron chi connectivity index (χ0n) is 15.0. The molecule has 136 valence electrons. The highest BCUT2D eigenvalue weighted by Gasteiger charge is 2.27. The molecule has 0 spiro atoms. The average Bonchev–Trinajstić information content (AvgIpc) is 2.90. The number of nitrogens with zero attached hydrogens (tertiary/aromatic N) is 1. The smallest absolute Gasteiger partial charge is 0.355 e. The first-order valence-electron chi connectivity index (χ1n) is 8.21. The summed E-state index contributed by atoms with van der Waals surface area (Å²) in [6.07, 6.45) is 7.71. The predicted octanol–water partition coefficient (Wildman–Crippen LogP) is 3.16. The highest BCUT2D eigenvalue weighted by molar-refractivity contribution is 6.05. The Labute approximate surface area is 152 Å². The Kier molecular flexibility index (Phi) is 6.49. The molecule has 0 bridgehead atoms. The summed E-state index contributed by atoms with van der Waals surface area (Å²) >= 11 is 0. The first-order valence-corrected chi connectivity index (χ1v) is 8.21. The van der Waals surface area contributed by atoms with E-state index in [9.17, 15) is 14.4 Å². The van der Waals surface area contributed by atoms with E-state index >= 15 is 0 Å². The number of rotatable bonds is 6. The molecule has 0 atom stereocenters. The number of ether oxygens (including phenoxy) is 2. The summed E-state index contributed by atoms with van der Waals surface area (Å²) in [7, 11) is 2.49. The zero-order valence-corrected chi connectivity index (χ0v) is 15.0. The number of ketones is 1. The third kappa shape index (κ3) is 4.08. The zero-order chi connectivity index (χ0) is 19.1. The van der Waals surface area contributed by atoms with Gasteiger partial charge in [-0.25, -0.2) is 9.59 Å². The molecule has 1 aliphatic heterocycles. The van der Waals surface area contributed by atoms with Crippen LogP contribution in [-0.4, -0.2) is 31.9 Å². The Morgan fingerprint density at radius 3 is 2.19 bits per heavy atom. The SMILES string of the molecule is CCCC(=O)c1ccc(N2C=CC=CC(C(=O)OC)=C2C(=O)OC)cc1. The van der Waals surface area contributed by atoms with Gasteiger partial charge in [0.25, 0.3) is 0 Å². The Hall–Kier alpha value is -3.15. The summed E-state index contributed by atoms with van der Waals surface area (Å²) in [6.45, 7) is 1.95. The number of carbonyl (C=O) groups excluding carboxylic acids is 3. The maximum atomic E-state index is 12.3. The van der Waals surface area contributed by atoms with Gasteiger partial charge in [-0.2, -0.15) is 0 Å². The molecule has 0 saturated heterocycles. The minimum Gasteiger partial charge on any atom is -0.465 e. The molecule has 0 saturated carbocycles. The number of methoxy groups -OCH3 is 2. The number of allylic oxidation sites excluding steroid dienone is 2. The van der Waals surface area contributed by atoms with Crippen molar-refractivity contribution in [1.82, 2.24) is 0 Å². The van der Waals surface area contributed by atoms with Crippen LogP contribution >= 0.6 is 0 Å². The highest BCUT2D eigenvalue weighted by atomic mass is 16.5. The maximum Gasteiger partial charge on any atom is 0.355 e. The van der Waals surface area contributed by atoms with E-state index in [0.29, 0.717) is 17.7 Å². The van der Waals surface area contributed by atoms with Gasteiger partial charge in [0.1, 0.15) is 5.70 Å². The number of hydrogen-bond acceptors (Lipinski definition) is 6. The molecule has 0 aliphatic carbocycles. The fourth-order valence-electron chi connectivity index (χ4n) is 2.54. The summed E-state index contributed by atoms with van der Waals surface area (Å²) in [4.78, 5) is 38.0. The van der Waals surface area contributed by atoms with Gasteiger partial charge < -0.3 is 14.4 Å². The predicted molar refractivity (Wildman–Crippen MR) is 97.5 cm³/mol. The summed E-state index contributed by atoms with van der Waals surface area (Å²) in [6, 6.07) is 6.84. The third-order valence-electron chi connectivity index (χ3n) is 3.83. The molecule has 2 rings (SSSR count). The number of Topliss-reactive ketones (excluding diaryl/α,β-unsaturated/α-hetero) is 1. The molecule has 1 aliphatic rings. The van der Waals surface area contributed by atoms with Crippen molar-refractivity contribution in [2.24, 2.45) is 0 Å². The van der Waals surface area contributed by atoms with Crippen molar-refractivity contribution in [3.8, 4) is 0 Å². The Bertz CT molecular complexity index is 787. The Morgan fingerprint density at radius 1 is 0.962 bits per heavy atom. The van der Waals surface area contributed by atoms with E-state index in [1.54, 1.807) is 42.6 Å². The average molecular weight is 355 g/mol. The van der Waals surface area contributed by atoms with Crippen LogP contribution in [-0.2, 0) is 19.1 Å². The van der Waals surface area contributed by atoms with Crippen LogP contribution in [0, 0.1) is 0 Å². The van der Waals surface area contributed by atoms with Crippen LogP contribution in [0.2, 0.25) is 0 Å². The van der Waals surface area contributed by atoms with Crippen molar-refractivity contribution in [2.75, 3.05) is 19.1 Å². The molecule has 0 N–H and O–H groups in total. The van der Waals surface area contributed by atoms with E-state index in [0.717, 1.165) is 6.42 Å². The quantitative estimate of drug-likeness (QED) is 0.576. The second-order valence-electron chi connectivity index (χ2n) is 5.54. The van der Waals surface area contributed by atoms with Crippen molar-refractivity contribution in [1.29, 1.82) is 0 Å². The van der Waals surface area contributed by atoms with Gasteiger partial charge in [0, 0.05) is 23.9 Å². The van der Waals surface area contributed by atoms with Crippen molar-refractivity contribution < 1.29 is 23.9 Å². The Balaban J connectivity index is 2.49. The van der Waals surface area contributed by atoms with Gasteiger partial charge in [-0.05, 0) is 42.8 Å². The summed E-state index contributed by atoms with van der Waals surface area (Å²) in [5.41, 5.74) is 1.33. The number of carbonyl (C=O) groups is 3.